The summed E-state index contributed by atoms with van der Waals surface area (Å²) in [5.41, 5.74) is 0.638. The van der Waals surface area contributed by atoms with Crippen molar-refractivity contribution in [2.45, 2.75) is 77.0 Å². The maximum absolute atomic E-state index is 10.3. The minimum Gasteiger partial charge on any atom is -0.390 e. The molecule has 0 heterocycles. The number of hydrogen-bond acceptors (Lipinski definition) is 2. The van der Waals surface area contributed by atoms with Gasteiger partial charge in [0.2, 0.25) is 0 Å². The van der Waals surface area contributed by atoms with Gasteiger partial charge in [-0.2, -0.15) is 0 Å². The van der Waals surface area contributed by atoms with Gasteiger partial charge in [-0.1, -0.05) is 19.1 Å². The fourth-order valence-corrected chi connectivity index (χ4v) is 3.16. The lowest BCUT2D eigenvalue weighted by Gasteiger charge is -2.48. The van der Waals surface area contributed by atoms with Crippen LogP contribution in [0.5, 0.6) is 0 Å². The summed E-state index contributed by atoms with van der Waals surface area (Å²) in [5.74, 6) is 0. The van der Waals surface area contributed by atoms with E-state index >= 15 is 0 Å². The first-order valence-electron chi connectivity index (χ1n) is 6.26. The van der Waals surface area contributed by atoms with Gasteiger partial charge < -0.3 is 10.4 Å². The van der Waals surface area contributed by atoms with E-state index in [-0.39, 0.29) is 11.1 Å². The van der Waals surface area contributed by atoms with E-state index in [1.807, 2.05) is 6.92 Å². The van der Waals surface area contributed by atoms with Gasteiger partial charge in [-0.25, -0.2) is 0 Å². The Bertz CT molecular complexity index is 271. The van der Waals surface area contributed by atoms with Crippen molar-refractivity contribution in [3.63, 3.8) is 0 Å². The lowest BCUT2D eigenvalue weighted by molar-refractivity contribution is -0.00589. The summed E-state index contributed by atoms with van der Waals surface area (Å²) in [5, 5.41) is 14.0. The Balaban J connectivity index is 2.90. The molecule has 0 bridgehead atoms. The van der Waals surface area contributed by atoms with Gasteiger partial charge in [0.25, 0.3) is 0 Å². The van der Waals surface area contributed by atoms with Crippen LogP contribution in [-0.4, -0.2) is 21.8 Å². The standard InChI is InChI=1S/C14H27NO/c1-7-14(15-12(3,4)5)9-11(2)8-13(6,16)10-14/h15-16H,2,7-10H2,1,3-6H3. The fraction of sp³-hybridized carbons (Fsp3) is 0.857. The van der Waals surface area contributed by atoms with Gasteiger partial charge in [0.15, 0.2) is 0 Å². The summed E-state index contributed by atoms with van der Waals surface area (Å²) in [6.45, 7) is 14.7. The second kappa shape index (κ2) is 4.15. The van der Waals surface area contributed by atoms with Gasteiger partial charge in [-0.05, 0) is 53.4 Å². The molecule has 0 saturated heterocycles. The molecule has 2 nitrogen and oxygen atoms in total. The largest absolute Gasteiger partial charge is 0.390 e. The molecular formula is C14H27NO. The van der Waals surface area contributed by atoms with Crippen molar-refractivity contribution < 1.29 is 5.11 Å². The Kier molecular flexibility index (Phi) is 3.56. The van der Waals surface area contributed by atoms with E-state index in [9.17, 15) is 5.11 Å². The van der Waals surface area contributed by atoms with Crippen molar-refractivity contribution in [1.29, 1.82) is 0 Å². The third-order valence-corrected chi connectivity index (χ3v) is 3.26. The maximum atomic E-state index is 10.3. The van der Waals surface area contributed by atoms with Gasteiger partial charge in [0, 0.05) is 11.1 Å². The molecule has 1 aliphatic carbocycles. The smallest absolute Gasteiger partial charge is 0.0674 e. The molecule has 94 valence electrons. The third-order valence-electron chi connectivity index (χ3n) is 3.26. The van der Waals surface area contributed by atoms with Crippen molar-refractivity contribution in [1.82, 2.24) is 5.32 Å². The first-order valence-corrected chi connectivity index (χ1v) is 6.26. The third kappa shape index (κ3) is 3.60. The number of aliphatic hydroxyl groups is 1. The zero-order chi connectivity index (χ0) is 12.6. The van der Waals surface area contributed by atoms with Gasteiger partial charge >= 0.3 is 0 Å². The molecule has 16 heavy (non-hydrogen) atoms. The quantitative estimate of drug-likeness (QED) is 0.708. The van der Waals surface area contributed by atoms with Crippen LogP contribution < -0.4 is 5.32 Å². The number of nitrogens with one attached hydrogen (secondary N) is 1. The first-order chi connectivity index (χ1) is 7.08. The molecule has 0 aromatic rings. The van der Waals surface area contributed by atoms with Crippen LogP contribution in [0.15, 0.2) is 12.2 Å². The van der Waals surface area contributed by atoms with Crippen LogP contribution in [0.25, 0.3) is 0 Å². The molecular weight excluding hydrogens is 198 g/mol. The second-order valence-electron chi connectivity index (χ2n) is 6.79. The van der Waals surface area contributed by atoms with E-state index in [2.05, 4.69) is 39.6 Å². The molecule has 2 unspecified atom stereocenters. The molecule has 0 radical (unpaired) electrons. The van der Waals surface area contributed by atoms with Crippen LogP contribution in [0, 0.1) is 0 Å². The molecule has 2 atom stereocenters. The molecule has 1 fully saturated rings. The van der Waals surface area contributed by atoms with E-state index in [4.69, 9.17) is 0 Å². The van der Waals surface area contributed by atoms with Crippen molar-refractivity contribution >= 4 is 0 Å². The lowest BCUT2D eigenvalue weighted by Crippen LogP contribution is -2.59. The van der Waals surface area contributed by atoms with Crippen LogP contribution in [0.1, 0.15) is 60.3 Å². The highest BCUT2D eigenvalue weighted by Crippen LogP contribution is 2.40. The molecule has 1 rings (SSSR count). The number of hydrogen-bond donors (Lipinski definition) is 2. The molecule has 2 N–H and O–H groups in total. The van der Waals surface area contributed by atoms with E-state index in [0.717, 1.165) is 31.3 Å². The normalized spacial score (nSPS) is 36.5. The summed E-state index contributed by atoms with van der Waals surface area (Å²) in [6.07, 6.45) is 3.56. The highest BCUT2D eigenvalue weighted by Gasteiger charge is 2.43. The van der Waals surface area contributed by atoms with E-state index in [1.165, 1.54) is 0 Å². The maximum Gasteiger partial charge on any atom is 0.0674 e. The highest BCUT2D eigenvalue weighted by atomic mass is 16.3. The predicted molar refractivity (Wildman–Crippen MR) is 69.5 cm³/mol. The fourth-order valence-electron chi connectivity index (χ4n) is 3.16. The van der Waals surface area contributed by atoms with Crippen LogP contribution in [0.2, 0.25) is 0 Å². The van der Waals surface area contributed by atoms with E-state index < -0.39 is 5.60 Å². The van der Waals surface area contributed by atoms with Crippen LogP contribution in [0.4, 0.5) is 0 Å². The average molecular weight is 225 g/mol. The summed E-state index contributed by atoms with van der Waals surface area (Å²) < 4.78 is 0. The molecule has 0 spiro atoms. The van der Waals surface area contributed by atoms with Gasteiger partial charge in [-0.15, -0.1) is 0 Å². The monoisotopic (exact) mass is 225 g/mol. The molecule has 1 aliphatic rings. The first kappa shape index (κ1) is 13.7. The Hall–Kier alpha value is -0.340. The summed E-state index contributed by atoms with van der Waals surface area (Å²) in [7, 11) is 0. The van der Waals surface area contributed by atoms with Crippen molar-refractivity contribution in [3.8, 4) is 0 Å². The zero-order valence-electron chi connectivity index (χ0n) is 11.5. The summed E-state index contributed by atoms with van der Waals surface area (Å²) in [6, 6.07) is 0. The SMILES string of the molecule is C=C1CC(C)(O)CC(CC)(NC(C)(C)C)C1. The summed E-state index contributed by atoms with van der Waals surface area (Å²) >= 11 is 0. The second-order valence-corrected chi connectivity index (χ2v) is 6.79. The summed E-state index contributed by atoms with van der Waals surface area (Å²) in [4.78, 5) is 0. The number of rotatable bonds is 2. The van der Waals surface area contributed by atoms with E-state index in [0.29, 0.717) is 0 Å². The van der Waals surface area contributed by atoms with Crippen LogP contribution >= 0.6 is 0 Å². The van der Waals surface area contributed by atoms with Crippen molar-refractivity contribution in [2.75, 3.05) is 0 Å². The Morgan fingerprint density at radius 3 is 2.31 bits per heavy atom. The predicted octanol–water partition coefficient (Wildman–Crippen LogP) is 3.01. The average Bonchev–Trinajstić information content (AvgIpc) is 1.96. The molecule has 1 saturated carbocycles. The Morgan fingerprint density at radius 2 is 1.94 bits per heavy atom. The molecule has 0 aromatic heterocycles. The van der Waals surface area contributed by atoms with Gasteiger partial charge in [0.1, 0.15) is 0 Å². The molecule has 2 heteroatoms. The highest BCUT2D eigenvalue weighted by molar-refractivity contribution is 5.15. The molecule has 0 aromatic carbocycles. The van der Waals surface area contributed by atoms with E-state index in [1.54, 1.807) is 0 Å². The lowest BCUT2D eigenvalue weighted by atomic mass is 9.70. The minimum absolute atomic E-state index is 0.0110. The minimum atomic E-state index is -0.608. The van der Waals surface area contributed by atoms with Gasteiger partial charge in [0.05, 0.1) is 5.60 Å². The van der Waals surface area contributed by atoms with Crippen LogP contribution in [-0.2, 0) is 0 Å². The topological polar surface area (TPSA) is 32.3 Å². The Morgan fingerprint density at radius 1 is 1.38 bits per heavy atom. The molecule has 0 amide bonds. The zero-order valence-corrected chi connectivity index (χ0v) is 11.5. The Labute approximate surface area is 100 Å². The van der Waals surface area contributed by atoms with Crippen molar-refractivity contribution in [2.24, 2.45) is 0 Å². The van der Waals surface area contributed by atoms with Crippen molar-refractivity contribution in [3.05, 3.63) is 12.2 Å². The van der Waals surface area contributed by atoms with Gasteiger partial charge in [-0.3, -0.25) is 0 Å². The van der Waals surface area contributed by atoms with Crippen LogP contribution in [0.3, 0.4) is 0 Å². The molecule has 0 aliphatic heterocycles.